The minimum Gasteiger partial charge on any atom is -0.392 e. The summed E-state index contributed by atoms with van der Waals surface area (Å²) in [6, 6.07) is 8.28. The first kappa shape index (κ1) is 10.8. The SMILES string of the molecule is Cc1ccc(-c2cc(F)cc(CO)c2)cn1. The van der Waals surface area contributed by atoms with Gasteiger partial charge in [0.1, 0.15) is 5.82 Å². The molecule has 2 nitrogen and oxygen atoms in total. The van der Waals surface area contributed by atoms with E-state index in [4.69, 9.17) is 5.11 Å². The quantitative estimate of drug-likeness (QED) is 0.839. The zero-order valence-corrected chi connectivity index (χ0v) is 8.94. The number of hydrogen-bond acceptors (Lipinski definition) is 2. The minimum atomic E-state index is -0.345. The van der Waals surface area contributed by atoms with Crippen molar-refractivity contribution in [2.45, 2.75) is 13.5 Å². The van der Waals surface area contributed by atoms with Crippen molar-refractivity contribution in [3.05, 3.63) is 53.6 Å². The van der Waals surface area contributed by atoms with Gasteiger partial charge in [-0.25, -0.2) is 4.39 Å². The number of halogens is 1. The Morgan fingerprint density at radius 1 is 1.19 bits per heavy atom. The molecule has 0 unspecified atom stereocenters. The van der Waals surface area contributed by atoms with Gasteiger partial charge in [0, 0.05) is 17.5 Å². The number of aliphatic hydroxyl groups excluding tert-OH is 1. The van der Waals surface area contributed by atoms with Crippen LogP contribution in [0.5, 0.6) is 0 Å². The average Bonchev–Trinajstić information content (AvgIpc) is 2.29. The molecule has 0 fully saturated rings. The van der Waals surface area contributed by atoms with Gasteiger partial charge in [-0.1, -0.05) is 6.07 Å². The van der Waals surface area contributed by atoms with Gasteiger partial charge in [0.2, 0.25) is 0 Å². The summed E-state index contributed by atoms with van der Waals surface area (Å²) in [5.74, 6) is -0.345. The Morgan fingerprint density at radius 3 is 2.62 bits per heavy atom. The van der Waals surface area contributed by atoms with Crippen LogP contribution in [0.15, 0.2) is 36.5 Å². The Hall–Kier alpha value is -1.74. The highest BCUT2D eigenvalue weighted by atomic mass is 19.1. The molecule has 0 saturated heterocycles. The van der Waals surface area contributed by atoms with Gasteiger partial charge in [-0.15, -0.1) is 0 Å². The molecule has 2 rings (SSSR count). The molecule has 3 heteroatoms. The smallest absolute Gasteiger partial charge is 0.124 e. The molecule has 0 spiro atoms. The third kappa shape index (κ3) is 2.25. The Balaban J connectivity index is 2.47. The molecule has 16 heavy (non-hydrogen) atoms. The first-order valence-corrected chi connectivity index (χ1v) is 5.02. The number of aliphatic hydroxyl groups is 1. The number of aromatic nitrogens is 1. The van der Waals surface area contributed by atoms with Gasteiger partial charge in [0.25, 0.3) is 0 Å². The molecule has 0 aliphatic heterocycles. The van der Waals surface area contributed by atoms with Gasteiger partial charge < -0.3 is 5.11 Å². The number of rotatable bonds is 2. The van der Waals surface area contributed by atoms with E-state index in [-0.39, 0.29) is 12.4 Å². The number of nitrogens with zero attached hydrogens (tertiary/aromatic N) is 1. The fourth-order valence-electron chi connectivity index (χ4n) is 1.55. The Morgan fingerprint density at radius 2 is 2.00 bits per heavy atom. The summed E-state index contributed by atoms with van der Waals surface area (Å²) >= 11 is 0. The second-order valence-electron chi connectivity index (χ2n) is 3.69. The predicted octanol–water partition coefficient (Wildman–Crippen LogP) is 2.69. The maximum atomic E-state index is 13.2. The highest BCUT2D eigenvalue weighted by Gasteiger charge is 2.03. The summed E-state index contributed by atoms with van der Waals surface area (Å²) in [6.07, 6.45) is 1.70. The van der Waals surface area contributed by atoms with Crippen LogP contribution in [0, 0.1) is 12.7 Å². The molecule has 0 aliphatic carbocycles. The number of pyridine rings is 1. The van der Waals surface area contributed by atoms with Crippen LogP contribution in [0.25, 0.3) is 11.1 Å². The van der Waals surface area contributed by atoms with Crippen LogP contribution in [0.3, 0.4) is 0 Å². The van der Waals surface area contributed by atoms with Crippen molar-refractivity contribution in [1.29, 1.82) is 0 Å². The molecule has 0 radical (unpaired) electrons. The van der Waals surface area contributed by atoms with E-state index in [1.807, 2.05) is 19.1 Å². The topological polar surface area (TPSA) is 33.1 Å². The third-order valence-corrected chi connectivity index (χ3v) is 2.38. The summed E-state index contributed by atoms with van der Waals surface area (Å²) in [5.41, 5.74) is 3.06. The van der Waals surface area contributed by atoms with Crippen LogP contribution in [0.4, 0.5) is 4.39 Å². The Labute approximate surface area is 93.4 Å². The van der Waals surface area contributed by atoms with Crippen LogP contribution in [0.1, 0.15) is 11.3 Å². The monoisotopic (exact) mass is 217 g/mol. The van der Waals surface area contributed by atoms with Crippen LogP contribution in [0.2, 0.25) is 0 Å². The highest BCUT2D eigenvalue weighted by Crippen LogP contribution is 2.21. The van der Waals surface area contributed by atoms with Crippen LogP contribution in [-0.2, 0) is 6.61 Å². The highest BCUT2D eigenvalue weighted by molar-refractivity contribution is 5.63. The molecule has 0 saturated carbocycles. The first-order valence-electron chi connectivity index (χ1n) is 5.02. The molecule has 1 N–H and O–H groups in total. The van der Waals surface area contributed by atoms with Crippen LogP contribution in [-0.4, -0.2) is 10.1 Å². The standard InChI is InChI=1S/C13H12FNO/c1-9-2-3-11(7-15-9)12-4-10(8-16)5-13(14)6-12/h2-7,16H,8H2,1H3. The molecule has 0 amide bonds. The lowest BCUT2D eigenvalue weighted by Gasteiger charge is -2.04. The number of aryl methyl sites for hydroxylation is 1. The lowest BCUT2D eigenvalue weighted by Crippen LogP contribution is -1.89. The van der Waals surface area contributed by atoms with Crippen LogP contribution >= 0.6 is 0 Å². The van der Waals surface area contributed by atoms with Gasteiger partial charge in [0.15, 0.2) is 0 Å². The Kier molecular flexibility index (Phi) is 2.97. The zero-order valence-electron chi connectivity index (χ0n) is 8.94. The second kappa shape index (κ2) is 4.41. The molecule has 1 aromatic carbocycles. The summed E-state index contributed by atoms with van der Waals surface area (Å²) in [6.45, 7) is 1.73. The summed E-state index contributed by atoms with van der Waals surface area (Å²) < 4.78 is 13.2. The normalized spacial score (nSPS) is 10.4. The van der Waals surface area contributed by atoms with E-state index in [9.17, 15) is 4.39 Å². The molecule has 0 bridgehead atoms. The lowest BCUT2D eigenvalue weighted by molar-refractivity contribution is 0.281. The number of hydrogen-bond donors (Lipinski definition) is 1. The first-order chi connectivity index (χ1) is 7.69. The zero-order chi connectivity index (χ0) is 11.5. The second-order valence-corrected chi connectivity index (χ2v) is 3.69. The van der Waals surface area contributed by atoms with Gasteiger partial charge >= 0.3 is 0 Å². The van der Waals surface area contributed by atoms with E-state index in [0.717, 1.165) is 16.8 Å². The summed E-state index contributed by atoms with van der Waals surface area (Å²) in [7, 11) is 0. The maximum absolute atomic E-state index is 13.2. The molecule has 82 valence electrons. The predicted molar refractivity (Wildman–Crippen MR) is 60.3 cm³/mol. The van der Waals surface area contributed by atoms with Crippen molar-refractivity contribution in [1.82, 2.24) is 4.98 Å². The Bertz CT molecular complexity index is 494. The molecule has 1 aromatic heterocycles. The van der Waals surface area contributed by atoms with Gasteiger partial charge in [-0.05, 0) is 42.3 Å². The molecular weight excluding hydrogens is 205 g/mol. The van der Waals surface area contributed by atoms with Crippen molar-refractivity contribution in [3.63, 3.8) is 0 Å². The van der Waals surface area contributed by atoms with E-state index in [1.165, 1.54) is 12.1 Å². The average molecular weight is 217 g/mol. The van der Waals surface area contributed by atoms with Crippen molar-refractivity contribution >= 4 is 0 Å². The molecule has 1 heterocycles. The molecule has 2 aromatic rings. The third-order valence-electron chi connectivity index (χ3n) is 2.38. The van der Waals surface area contributed by atoms with Crippen LogP contribution < -0.4 is 0 Å². The summed E-state index contributed by atoms with van der Waals surface area (Å²) in [4.78, 5) is 4.16. The maximum Gasteiger partial charge on any atom is 0.124 e. The van der Waals surface area contributed by atoms with Gasteiger partial charge in [-0.2, -0.15) is 0 Å². The fourth-order valence-corrected chi connectivity index (χ4v) is 1.55. The van der Waals surface area contributed by atoms with Gasteiger partial charge in [0.05, 0.1) is 6.61 Å². The number of benzene rings is 1. The lowest BCUT2D eigenvalue weighted by atomic mass is 10.0. The van der Waals surface area contributed by atoms with E-state index < -0.39 is 0 Å². The van der Waals surface area contributed by atoms with Crippen molar-refractivity contribution in [2.24, 2.45) is 0 Å². The minimum absolute atomic E-state index is 0.163. The summed E-state index contributed by atoms with van der Waals surface area (Å²) in [5, 5.41) is 9.00. The van der Waals surface area contributed by atoms with Crippen molar-refractivity contribution in [2.75, 3.05) is 0 Å². The fraction of sp³-hybridized carbons (Fsp3) is 0.154. The van der Waals surface area contributed by atoms with E-state index >= 15 is 0 Å². The van der Waals surface area contributed by atoms with Gasteiger partial charge in [-0.3, -0.25) is 4.98 Å². The van der Waals surface area contributed by atoms with Crippen molar-refractivity contribution in [3.8, 4) is 11.1 Å². The molecule has 0 atom stereocenters. The molecule has 0 aliphatic rings. The van der Waals surface area contributed by atoms with Crippen molar-refractivity contribution < 1.29 is 9.50 Å². The van der Waals surface area contributed by atoms with E-state index in [1.54, 1.807) is 12.3 Å². The van der Waals surface area contributed by atoms with E-state index in [0.29, 0.717) is 5.56 Å². The largest absolute Gasteiger partial charge is 0.392 e. The molecular formula is C13H12FNO. The van der Waals surface area contributed by atoms with E-state index in [2.05, 4.69) is 4.98 Å².